The Balaban J connectivity index is 3.04. The molecular weight excluding hydrogens is 218 g/mol. The summed E-state index contributed by atoms with van der Waals surface area (Å²) in [4.78, 5) is 0. The summed E-state index contributed by atoms with van der Waals surface area (Å²) in [7, 11) is 0. The number of hydrogen-bond donors (Lipinski definition) is 1. The number of hydrogen-bond acceptors (Lipinski definition) is 4. The third-order valence-electron chi connectivity index (χ3n) is 1.95. The predicted octanol–water partition coefficient (Wildman–Crippen LogP) is 1.83. The van der Waals surface area contributed by atoms with Gasteiger partial charge in [-0.15, -0.1) is 0 Å². The highest BCUT2D eigenvalue weighted by molar-refractivity contribution is 4.69. The van der Waals surface area contributed by atoms with Crippen LogP contribution in [0.25, 0.3) is 0 Å². The average molecular weight is 247 g/mol. The van der Waals surface area contributed by atoms with Crippen molar-refractivity contribution in [3.05, 3.63) is 0 Å². The summed E-state index contributed by atoms with van der Waals surface area (Å²) in [5.41, 5.74) is 0.161. The fourth-order valence-corrected chi connectivity index (χ4v) is 1.16. The van der Waals surface area contributed by atoms with Crippen LogP contribution in [0.4, 0.5) is 0 Å². The molecule has 17 heavy (non-hydrogen) atoms. The van der Waals surface area contributed by atoms with Gasteiger partial charge < -0.3 is 19.5 Å². The van der Waals surface area contributed by atoms with Gasteiger partial charge in [-0.25, -0.2) is 0 Å². The molecule has 0 unspecified atom stereocenters. The Kier molecular flexibility index (Phi) is 9.74. The minimum Gasteiger partial charge on any atom is -0.378 e. The maximum Gasteiger partial charge on any atom is 0.0703 e. The topological polar surface area (TPSA) is 39.7 Å². The summed E-state index contributed by atoms with van der Waals surface area (Å²) >= 11 is 0. The lowest BCUT2D eigenvalue weighted by atomic mass is 10.1. The van der Waals surface area contributed by atoms with E-state index in [0.717, 1.165) is 13.2 Å². The summed E-state index contributed by atoms with van der Waals surface area (Å²) in [6, 6.07) is 0. The SMILES string of the molecule is CC(C)OCCOCCOCCNC(C)(C)C. The van der Waals surface area contributed by atoms with Gasteiger partial charge in [0.2, 0.25) is 0 Å². The van der Waals surface area contributed by atoms with E-state index in [1.807, 2.05) is 13.8 Å². The highest BCUT2D eigenvalue weighted by atomic mass is 16.5. The van der Waals surface area contributed by atoms with Crippen molar-refractivity contribution in [2.75, 3.05) is 39.6 Å². The quantitative estimate of drug-likeness (QED) is 0.598. The third-order valence-corrected chi connectivity index (χ3v) is 1.95. The summed E-state index contributed by atoms with van der Waals surface area (Å²) in [6.07, 6.45) is 0.276. The van der Waals surface area contributed by atoms with Crippen LogP contribution in [0.2, 0.25) is 0 Å². The average Bonchev–Trinajstić information content (AvgIpc) is 2.18. The van der Waals surface area contributed by atoms with Crippen molar-refractivity contribution in [3.8, 4) is 0 Å². The van der Waals surface area contributed by atoms with Crippen molar-refractivity contribution >= 4 is 0 Å². The van der Waals surface area contributed by atoms with Gasteiger partial charge in [-0.2, -0.15) is 0 Å². The Bertz CT molecular complexity index is 167. The van der Waals surface area contributed by atoms with Crippen molar-refractivity contribution in [2.24, 2.45) is 0 Å². The molecule has 0 atom stereocenters. The first-order chi connectivity index (χ1) is 7.92. The van der Waals surface area contributed by atoms with Crippen LogP contribution in [0.3, 0.4) is 0 Å². The van der Waals surface area contributed by atoms with Crippen LogP contribution < -0.4 is 5.32 Å². The second-order valence-electron chi connectivity index (χ2n) is 5.32. The Morgan fingerprint density at radius 1 is 0.882 bits per heavy atom. The smallest absolute Gasteiger partial charge is 0.0703 e. The molecule has 0 aromatic carbocycles. The molecule has 0 heterocycles. The monoisotopic (exact) mass is 247 g/mol. The molecule has 0 saturated carbocycles. The van der Waals surface area contributed by atoms with Crippen LogP contribution in [0.15, 0.2) is 0 Å². The van der Waals surface area contributed by atoms with Crippen LogP contribution >= 0.6 is 0 Å². The van der Waals surface area contributed by atoms with Crippen molar-refractivity contribution in [1.82, 2.24) is 5.32 Å². The van der Waals surface area contributed by atoms with E-state index in [9.17, 15) is 0 Å². The van der Waals surface area contributed by atoms with Crippen molar-refractivity contribution < 1.29 is 14.2 Å². The highest BCUT2D eigenvalue weighted by Crippen LogP contribution is 1.96. The lowest BCUT2D eigenvalue weighted by molar-refractivity contribution is -0.00139. The van der Waals surface area contributed by atoms with Gasteiger partial charge in [0.1, 0.15) is 0 Å². The van der Waals surface area contributed by atoms with E-state index >= 15 is 0 Å². The van der Waals surface area contributed by atoms with Gasteiger partial charge in [0, 0.05) is 12.1 Å². The molecule has 0 aromatic rings. The zero-order chi connectivity index (χ0) is 13.1. The standard InChI is InChI=1S/C13H29NO3/c1-12(2)17-11-10-16-9-8-15-7-6-14-13(3,4)5/h12,14H,6-11H2,1-5H3. The van der Waals surface area contributed by atoms with Crippen molar-refractivity contribution in [3.63, 3.8) is 0 Å². The van der Waals surface area contributed by atoms with Gasteiger partial charge in [-0.05, 0) is 34.6 Å². The molecule has 0 saturated heterocycles. The Morgan fingerprint density at radius 3 is 1.94 bits per heavy atom. The summed E-state index contributed by atoms with van der Waals surface area (Å²) in [6.45, 7) is 14.6. The van der Waals surface area contributed by atoms with Crippen molar-refractivity contribution in [1.29, 1.82) is 0 Å². The molecule has 104 valence electrons. The molecule has 0 rings (SSSR count). The minimum atomic E-state index is 0.161. The number of ether oxygens (including phenoxy) is 3. The highest BCUT2D eigenvalue weighted by Gasteiger charge is 2.06. The first-order valence-electron chi connectivity index (χ1n) is 6.44. The second-order valence-corrected chi connectivity index (χ2v) is 5.32. The van der Waals surface area contributed by atoms with Crippen LogP contribution in [0, 0.1) is 0 Å². The molecule has 1 N–H and O–H groups in total. The number of nitrogens with one attached hydrogen (secondary N) is 1. The fraction of sp³-hybridized carbons (Fsp3) is 1.00. The normalized spacial score (nSPS) is 12.4. The molecule has 0 aliphatic heterocycles. The summed E-state index contributed by atoms with van der Waals surface area (Å²) in [5, 5.41) is 3.36. The molecule has 0 radical (unpaired) electrons. The maximum atomic E-state index is 5.43. The Labute approximate surface area is 106 Å². The first-order valence-corrected chi connectivity index (χ1v) is 6.44. The molecule has 4 nitrogen and oxygen atoms in total. The summed E-state index contributed by atoms with van der Waals surface area (Å²) < 4.78 is 16.1. The lowest BCUT2D eigenvalue weighted by Gasteiger charge is -2.20. The first kappa shape index (κ1) is 16.8. The van der Waals surface area contributed by atoms with E-state index in [1.54, 1.807) is 0 Å². The Morgan fingerprint density at radius 2 is 1.41 bits per heavy atom. The van der Waals surface area contributed by atoms with Crippen LogP contribution in [0.1, 0.15) is 34.6 Å². The zero-order valence-corrected chi connectivity index (χ0v) is 12.0. The lowest BCUT2D eigenvalue weighted by Crippen LogP contribution is -2.38. The maximum absolute atomic E-state index is 5.43. The van der Waals surface area contributed by atoms with Gasteiger partial charge in [0.05, 0.1) is 39.1 Å². The second kappa shape index (κ2) is 9.83. The van der Waals surface area contributed by atoms with E-state index in [0.29, 0.717) is 26.4 Å². The van der Waals surface area contributed by atoms with Gasteiger partial charge in [0.25, 0.3) is 0 Å². The fourth-order valence-electron chi connectivity index (χ4n) is 1.16. The van der Waals surface area contributed by atoms with Gasteiger partial charge >= 0.3 is 0 Å². The minimum absolute atomic E-state index is 0.161. The van der Waals surface area contributed by atoms with Crippen LogP contribution in [0.5, 0.6) is 0 Å². The molecule has 0 spiro atoms. The Hall–Kier alpha value is -0.160. The van der Waals surface area contributed by atoms with Gasteiger partial charge in [-0.3, -0.25) is 0 Å². The van der Waals surface area contributed by atoms with E-state index < -0.39 is 0 Å². The van der Waals surface area contributed by atoms with E-state index in [-0.39, 0.29) is 11.6 Å². The summed E-state index contributed by atoms with van der Waals surface area (Å²) in [5.74, 6) is 0. The number of rotatable bonds is 10. The zero-order valence-electron chi connectivity index (χ0n) is 12.0. The van der Waals surface area contributed by atoms with E-state index in [4.69, 9.17) is 14.2 Å². The largest absolute Gasteiger partial charge is 0.378 e. The predicted molar refractivity (Wildman–Crippen MR) is 70.5 cm³/mol. The molecule has 0 aliphatic carbocycles. The van der Waals surface area contributed by atoms with Crippen LogP contribution in [-0.4, -0.2) is 51.2 Å². The molecule has 0 aromatic heterocycles. The van der Waals surface area contributed by atoms with E-state index in [2.05, 4.69) is 26.1 Å². The molecule has 0 aliphatic rings. The molecule has 4 heteroatoms. The molecular formula is C13H29NO3. The molecule has 0 fully saturated rings. The van der Waals surface area contributed by atoms with Crippen LogP contribution in [-0.2, 0) is 14.2 Å². The molecule has 0 amide bonds. The van der Waals surface area contributed by atoms with E-state index in [1.165, 1.54) is 0 Å². The third kappa shape index (κ3) is 15.8. The van der Waals surface area contributed by atoms with Crippen molar-refractivity contribution in [2.45, 2.75) is 46.3 Å². The van der Waals surface area contributed by atoms with Gasteiger partial charge in [-0.1, -0.05) is 0 Å². The molecule has 0 bridgehead atoms. The van der Waals surface area contributed by atoms with Gasteiger partial charge in [0.15, 0.2) is 0 Å².